The molecule has 0 aromatic carbocycles. The van der Waals surface area contributed by atoms with Gasteiger partial charge in [0.15, 0.2) is 0 Å². The van der Waals surface area contributed by atoms with Crippen molar-refractivity contribution in [2.75, 3.05) is 7.05 Å². The second-order valence-electron chi connectivity index (χ2n) is 5.14. The Morgan fingerprint density at radius 1 is 1.17 bits per heavy atom. The first kappa shape index (κ1) is 15.2. The number of pyridine rings is 1. The van der Waals surface area contributed by atoms with Gasteiger partial charge in [-0.15, -0.1) is 0 Å². The fourth-order valence-corrected chi connectivity index (χ4v) is 2.46. The number of unbranched alkanes of at least 4 members (excludes halogenated alkanes) is 4. The fourth-order valence-electron chi connectivity index (χ4n) is 2.46. The minimum atomic E-state index is 0.488. The molecule has 0 fully saturated rings. The lowest BCUT2D eigenvalue weighted by molar-refractivity contribution is 0.427. The Kier molecular flexibility index (Phi) is 7.66. The molecule has 1 N–H and O–H groups in total. The van der Waals surface area contributed by atoms with E-state index >= 15 is 0 Å². The van der Waals surface area contributed by atoms with Crippen molar-refractivity contribution >= 4 is 0 Å². The SMILES string of the molecule is CCCCCCCC(NC)C(C)c1ccccn1. The van der Waals surface area contributed by atoms with Crippen molar-refractivity contribution in [2.24, 2.45) is 0 Å². The van der Waals surface area contributed by atoms with E-state index in [9.17, 15) is 0 Å². The van der Waals surface area contributed by atoms with E-state index in [1.54, 1.807) is 0 Å². The summed E-state index contributed by atoms with van der Waals surface area (Å²) < 4.78 is 0. The van der Waals surface area contributed by atoms with E-state index in [1.165, 1.54) is 44.2 Å². The van der Waals surface area contributed by atoms with Gasteiger partial charge < -0.3 is 5.32 Å². The first-order valence-electron chi connectivity index (χ1n) is 7.37. The largest absolute Gasteiger partial charge is 0.316 e. The number of hydrogen-bond acceptors (Lipinski definition) is 2. The molecule has 1 aromatic heterocycles. The van der Waals surface area contributed by atoms with Crippen molar-refractivity contribution in [3.63, 3.8) is 0 Å². The molecule has 2 nitrogen and oxygen atoms in total. The molecule has 1 aromatic rings. The third-order valence-electron chi connectivity index (χ3n) is 3.75. The zero-order valence-corrected chi connectivity index (χ0v) is 12.2. The molecule has 0 saturated carbocycles. The van der Waals surface area contributed by atoms with Crippen LogP contribution < -0.4 is 5.32 Å². The van der Waals surface area contributed by atoms with Crippen LogP contribution in [0.2, 0.25) is 0 Å². The summed E-state index contributed by atoms with van der Waals surface area (Å²) in [4.78, 5) is 4.47. The highest BCUT2D eigenvalue weighted by Gasteiger charge is 2.17. The van der Waals surface area contributed by atoms with Crippen molar-refractivity contribution in [1.82, 2.24) is 10.3 Å². The maximum Gasteiger partial charge on any atom is 0.0447 e. The van der Waals surface area contributed by atoms with Gasteiger partial charge >= 0.3 is 0 Å². The smallest absolute Gasteiger partial charge is 0.0447 e. The van der Waals surface area contributed by atoms with Gasteiger partial charge in [0.1, 0.15) is 0 Å². The van der Waals surface area contributed by atoms with Gasteiger partial charge in [0, 0.05) is 23.9 Å². The van der Waals surface area contributed by atoms with Gasteiger partial charge in [-0.25, -0.2) is 0 Å². The average molecular weight is 248 g/mol. The van der Waals surface area contributed by atoms with Gasteiger partial charge in [-0.1, -0.05) is 52.0 Å². The van der Waals surface area contributed by atoms with E-state index in [0.29, 0.717) is 12.0 Å². The Hall–Kier alpha value is -0.890. The molecule has 0 bridgehead atoms. The molecule has 102 valence electrons. The molecule has 0 aliphatic rings. The normalized spacial score (nSPS) is 14.4. The lowest BCUT2D eigenvalue weighted by Gasteiger charge is -2.23. The Morgan fingerprint density at radius 2 is 1.94 bits per heavy atom. The lowest BCUT2D eigenvalue weighted by atomic mass is 9.93. The Labute approximate surface area is 112 Å². The third kappa shape index (κ3) is 5.18. The first-order chi connectivity index (χ1) is 8.79. The molecule has 2 atom stereocenters. The van der Waals surface area contributed by atoms with Crippen molar-refractivity contribution in [2.45, 2.75) is 64.3 Å². The van der Waals surface area contributed by atoms with Crippen LogP contribution in [-0.4, -0.2) is 18.1 Å². The molecule has 0 radical (unpaired) electrons. The minimum Gasteiger partial charge on any atom is -0.316 e. The number of nitrogens with zero attached hydrogens (tertiary/aromatic N) is 1. The summed E-state index contributed by atoms with van der Waals surface area (Å²) in [6.07, 6.45) is 9.89. The van der Waals surface area contributed by atoms with Crippen molar-refractivity contribution < 1.29 is 0 Å². The van der Waals surface area contributed by atoms with Crippen LogP contribution in [0.5, 0.6) is 0 Å². The maximum absolute atomic E-state index is 4.47. The fraction of sp³-hybridized carbons (Fsp3) is 0.688. The van der Waals surface area contributed by atoms with Gasteiger partial charge in [-0.2, -0.15) is 0 Å². The van der Waals surface area contributed by atoms with Crippen LogP contribution >= 0.6 is 0 Å². The van der Waals surface area contributed by atoms with E-state index in [-0.39, 0.29) is 0 Å². The van der Waals surface area contributed by atoms with Gasteiger partial charge in [-0.05, 0) is 25.6 Å². The van der Waals surface area contributed by atoms with Crippen LogP contribution in [0, 0.1) is 0 Å². The molecule has 1 heterocycles. The van der Waals surface area contributed by atoms with Crippen LogP contribution in [0.3, 0.4) is 0 Å². The van der Waals surface area contributed by atoms with E-state index in [1.807, 2.05) is 12.3 Å². The van der Waals surface area contributed by atoms with Gasteiger partial charge in [0.2, 0.25) is 0 Å². The van der Waals surface area contributed by atoms with E-state index in [4.69, 9.17) is 0 Å². The summed E-state index contributed by atoms with van der Waals surface area (Å²) in [7, 11) is 2.07. The molecule has 0 aliphatic heterocycles. The van der Waals surface area contributed by atoms with Gasteiger partial charge in [0.25, 0.3) is 0 Å². The second kappa shape index (κ2) is 9.09. The first-order valence-corrected chi connectivity index (χ1v) is 7.37. The monoisotopic (exact) mass is 248 g/mol. The number of hydrogen-bond donors (Lipinski definition) is 1. The third-order valence-corrected chi connectivity index (χ3v) is 3.75. The number of aromatic nitrogens is 1. The summed E-state index contributed by atoms with van der Waals surface area (Å²) in [6, 6.07) is 6.73. The number of rotatable bonds is 9. The molecule has 0 saturated heterocycles. The molecule has 18 heavy (non-hydrogen) atoms. The highest BCUT2D eigenvalue weighted by atomic mass is 14.9. The van der Waals surface area contributed by atoms with Crippen molar-refractivity contribution in [3.05, 3.63) is 30.1 Å². The molecule has 2 unspecified atom stereocenters. The summed E-state index contributed by atoms with van der Waals surface area (Å²) >= 11 is 0. The van der Waals surface area contributed by atoms with E-state index < -0.39 is 0 Å². The number of nitrogens with one attached hydrogen (secondary N) is 1. The highest BCUT2D eigenvalue weighted by Crippen LogP contribution is 2.21. The molecule has 0 amide bonds. The minimum absolute atomic E-state index is 0.488. The topological polar surface area (TPSA) is 24.9 Å². The standard InChI is InChI=1S/C16H28N2/c1-4-5-6-7-8-11-15(17-3)14(2)16-12-9-10-13-18-16/h9-10,12-15,17H,4-8,11H2,1-3H3. The molecule has 1 rings (SSSR count). The van der Waals surface area contributed by atoms with Crippen LogP contribution in [0.25, 0.3) is 0 Å². The predicted octanol–water partition coefficient (Wildman–Crippen LogP) is 4.13. The Morgan fingerprint density at radius 3 is 2.56 bits per heavy atom. The zero-order valence-electron chi connectivity index (χ0n) is 12.2. The quantitative estimate of drug-likeness (QED) is 0.665. The lowest BCUT2D eigenvalue weighted by Crippen LogP contribution is -2.31. The van der Waals surface area contributed by atoms with Crippen molar-refractivity contribution in [1.29, 1.82) is 0 Å². The molecule has 2 heteroatoms. The summed E-state index contributed by atoms with van der Waals surface area (Å²) in [6.45, 7) is 4.54. The van der Waals surface area contributed by atoms with Crippen LogP contribution in [0.1, 0.15) is 64.0 Å². The van der Waals surface area contributed by atoms with E-state index in [2.05, 4.69) is 43.3 Å². The molecule has 0 aliphatic carbocycles. The Balaban J connectivity index is 2.36. The summed E-state index contributed by atoms with van der Waals surface area (Å²) in [5.74, 6) is 0.488. The van der Waals surface area contributed by atoms with Crippen LogP contribution in [0.15, 0.2) is 24.4 Å². The summed E-state index contributed by atoms with van der Waals surface area (Å²) in [5.41, 5.74) is 1.20. The maximum atomic E-state index is 4.47. The van der Waals surface area contributed by atoms with Crippen LogP contribution in [-0.2, 0) is 0 Å². The molecular formula is C16H28N2. The highest BCUT2D eigenvalue weighted by molar-refractivity contribution is 5.10. The van der Waals surface area contributed by atoms with Crippen molar-refractivity contribution in [3.8, 4) is 0 Å². The Bertz CT molecular complexity index is 297. The van der Waals surface area contributed by atoms with Gasteiger partial charge in [-0.3, -0.25) is 4.98 Å². The van der Waals surface area contributed by atoms with E-state index in [0.717, 1.165) is 0 Å². The average Bonchev–Trinajstić information content (AvgIpc) is 2.43. The number of likely N-dealkylation sites (N-methyl/N-ethyl adjacent to an activating group) is 1. The molecular weight excluding hydrogens is 220 g/mol. The van der Waals surface area contributed by atoms with Crippen LogP contribution in [0.4, 0.5) is 0 Å². The second-order valence-corrected chi connectivity index (χ2v) is 5.14. The zero-order chi connectivity index (χ0) is 13.2. The molecule has 0 spiro atoms. The van der Waals surface area contributed by atoms with Gasteiger partial charge in [0.05, 0.1) is 0 Å². The predicted molar refractivity (Wildman–Crippen MR) is 78.9 cm³/mol. The summed E-state index contributed by atoms with van der Waals surface area (Å²) in [5, 5.41) is 3.45.